The number of ether oxygens (including phenoxy) is 1. The molecule has 20 heavy (non-hydrogen) atoms. The molecule has 1 aliphatic heterocycles. The quantitative estimate of drug-likeness (QED) is 0.549. The smallest absolute Gasteiger partial charge is 0.122 e. The van der Waals surface area contributed by atoms with Gasteiger partial charge in [-0.15, -0.1) is 6.58 Å². The van der Waals surface area contributed by atoms with Crippen molar-refractivity contribution in [3.63, 3.8) is 0 Å². The number of hydrogen-bond donors (Lipinski definition) is 0. The molecule has 2 heteroatoms. The zero-order valence-corrected chi connectivity index (χ0v) is 12.5. The molecule has 0 bridgehead atoms. The highest BCUT2D eigenvalue weighted by atomic mass is 16.5. The number of likely N-dealkylation sites (tertiary alicyclic amines) is 1. The van der Waals surface area contributed by atoms with Crippen molar-refractivity contribution in [1.82, 2.24) is 4.90 Å². The standard InChI is InChI=1S/C18H27NO/c1-2-10-17-11-5-6-12-18(17)20-16-9-15-19-13-7-3-4-8-14-19/h2,5-6,11-12H,1,3-4,7-10,13-16H2. The van der Waals surface area contributed by atoms with E-state index < -0.39 is 0 Å². The van der Waals surface area contributed by atoms with Crippen LogP contribution in [0.3, 0.4) is 0 Å². The van der Waals surface area contributed by atoms with Crippen LogP contribution in [0.2, 0.25) is 0 Å². The fraction of sp³-hybridized carbons (Fsp3) is 0.556. The molecule has 1 aliphatic rings. The van der Waals surface area contributed by atoms with Crippen molar-refractivity contribution < 1.29 is 4.74 Å². The highest BCUT2D eigenvalue weighted by molar-refractivity contribution is 5.34. The molecule has 1 aromatic rings. The minimum atomic E-state index is 0.810. The topological polar surface area (TPSA) is 12.5 Å². The SMILES string of the molecule is C=CCc1ccccc1OCCCN1CCCCCC1. The van der Waals surface area contributed by atoms with E-state index in [2.05, 4.69) is 29.7 Å². The number of rotatable bonds is 7. The van der Waals surface area contributed by atoms with Gasteiger partial charge in [-0.1, -0.05) is 37.1 Å². The van der Waals surface area contributed by atoms with Crippen LogP contribution in [0.15, 0.2) is 36.9 Å². The highest BCUT2D eigenvalue weighted by Crippen LogP contribution is 2.19. The van der Waals surface area contributed by atoms with E-state index in [1.165, 1.54) is 50.9 Å². The Morgan fingerprint density at radius 2 is 1.85 bits per heavy atom. The molecule has 2 rings (SSSR count). The van der Waals surface area contributed by atoms with Crippen LogP contribution < -0.4 is 4.74 Å². The van der Waals surface area contributed by atoms with Crippen LogP contribution in [0.4, 0.5) is 0 Å². The zero-order valence-electron chi connectivity index (χ0n) is 12.5. The van der Waals surface area contributed by atoms with E-state index in [4.69, 9.17) is 4.74 Å². The number of benzene rings is 1. The van der Waals surface area contributed by atoms with E-state index in [1.54, 1.807) is 0 Å². The summed E-state index contributed by atoms with van der Waals surface area (Å²) in [7, 11) is 0. The second-order valence-corrected chi connectivity index (χ2v) is 5.56. The van der Waals surface area contributed by atoms with Crippen LogP contribution in [0.5, 0.6) is 5.75 Å². The number of allylic oxidation sites excluding steroid dienone is 1. The first-order chi connectivity index (χ1) is 9.90. The van der Waals surface area contributed by atoms with Gasteiger partial charge in [0.15, 0.2) is 0 Å². The first-order valence-corrected chi connectivity index (χ1v) is 7.94. The van der Waals surface area contributed by atoms with Crippen LogP contribution in [0.25, 0.3) is 0 Å². The maximum absolute atomic E-state index is 5.94. The van der Waals surface area contributed by atoms with Crippen molar-refractivity contribution in [2.45, 2.75) is 38.5 Å². The second-order valence-electron chi connectivity index (χ2n) is 5.56. The fourth-order valence-electron chi connectivity index (χ4n) is 2.80. The molecule has 0 amide bonds. The van der Waals surface area contributed by atoms with Gasteiger partial charge in [-0.2, -0.15) is 0 Å². The molecular formula is C18H27NO. The van der Waals surface area contributed by atoms with Crippen molar-refractivity contribution in [3.8, 4) is 5.75 Å². The third-order valence-electron chi connectivity index (χ3n) is 3.91. The van der Waals surface area contributed by atoms with Gasteiger partial charge in [0.05, 0.1) is 6.61 Å². The minimum absolute atomic E-state index is 0.810. The third-order valence-corrected chi connectivity index (χ3v) is 3.91. The molecule has 1 fully saturated rings. The van der Waals surface area contributed by atoms with Gasteiger partial charge in [-0.05, 0) is 50.4 Å². The zero-order chi connectivity index (χ0) is 14.0. The van der Waals surface area contributed by atoms with Gasteiger partial charge in [0.2, 0.25) is 0 Å². The summed E-state index contributed by atoms with van der Waals surface area (Å²) in [5.74, 6) is 1.02. The summed E-state index contributed by atoms with van der Waals surface area (Å²) in [4.78, 5) is 2.59. The molecule has 0 spiro atoms. The Morgan fingerprint density at radius 1 is 1.10 bits per heavy atom. The van der Waals surface area contributed by atoms with Gasteiger partial charge in [0.25, 0.3) is 0 Å². The van der Waals surface area contributed by atoms with Crippen LogP contribution in [0.1, 0.15) is 37.7 Å². The Hall–Kier alpha value is -1.28. The Bertz CT molecular complexity index is 394. The summed E-state index contributed by atoms with van der Waals surface area (Å²) in [5.41, 5.74) is 1.23. The molecule has 110 valence electrons. The molecular weight excluding hydrogens is 246 g/mol. The van der Waals surface area contributed by atoms with Gasteiger partial charge in [-0.25, -0.2) is 0 Å². The Labute approximate surface area is 123 Å². The van der Waals surface area contributed by atoms with Crippen LogP contribution >= 0.6 is 0 Å². The summed E-state index contributed by atoms with van der Waals surface area (Å²) in [6, 6.07) is 8.27. The minimum Gasteiger partial charge on any atom is -0.493 e. The molecule has 2 nitrogen and oxygen atoms in total. The van der Waals surface area contributed by atoms with Crippen molar-refractivity contribution in [1.29, 1.82) is 0 Å². The van der Waals surface area contributed by atoms with E-state index in [0.717, 1.165) is 25.2 Å². The van der Waals surface area contributed by atoms with E-state index in [-0.39, 0.29) is 0 Å². The lowest BCUT2D eigenvalue weighted by Crippen LogP contribution is -2.26. The van der Waals surface area contributed by atoms with Crippen LogP contribution in [-0.4, -0.2) is 31.1 Å². The average Bonchev–Trinajstić information content (AvgIpc) is 2.74. The maximum atomic E-state index is 5.94. The van der Waals surface area contributed by atoms with Gasteiger partial charge in [-0.3, -0.25) is 0 Å². The normalized spacial score (nSPS) is 16.6. The van der Waals surface area contributed by atoms with E-state index >= 15 is 0 Å². The first-order valence-electron chi connectivity index (χ1n) is 7.94. The molecule has 0 unspecified atom stereocenters. The summed E-state index contributed by atoms with van der Waals surface area (Å²) in [6.45, 7) is 8.32. The van der Waals surface area contributed by atoms with Gasteiger partial charge >= 0.3 is 0 Å². The molecule has 0 aliphatic carbocycles. The molecule has 0 N–H and O–H groups in total. The monoisotopic (exact) mass is 273 g/mol. The summed E-state index contributed by atoms with van der Waals surface area (Å²) >= 11 is 0. The predicted octanol–water partition coefficient (Wildman–Crippen LogP) is 4.06. The molecule has 0 radical (unpaired) electrons. The predicted molar refractivity (Wildman–Crippen MR) is 85.4 cm³/mol. The second kappa shape index (κ2) is 8.80. The van der Waals surface area contributed by atoms with Crippen LogP contribution in [0, 0.1) is 0 Å². The summed E-state index contributed by atoms with van der Waals surface area (Å²) < 4.78 is 5.94. The van der Waals surface area contributed by atoms with E-state index in [9.17, 15) is 0 Å². The average molecular weight is 273 g/mol. The van der Waals surface area contributed by atoms with Crippen molar-refractivity contribution in [2.24, 2.45) is 0 Å². The summed E-state index contributed by atoms with van der Waals surface area (Å²) in [6.07, 6.45) is 9.46. The molecule has 0 aromatic heterocycles. The summed E-state index contributed by atoms with van der Waals surface area (Å²) in [5, 5.41) is 0. The Morgan fingerprint density at radius 3 is 2.60 bits per heavy atom. The largest absolute Gasteiger partial charge is 0.493 e. The first kappa shape index (κ1) is 15.1. The fourth-order valence-corrected chi connectivity index (χ4v) is 2.80. The maximum Gasteiger partial charge on any atom is 0.122 e. The third kappa shape index (κ3) is 5.01. The number of para-hydroxylation sites is 1. The Balaban J connectivity index is 1.71. The van der Waals surface area contributed by atoms with Gasteiger partial charge < -0.3 is 9.64 Å². The number of hydrogen-bond acceptors (Lipinski definition) is 2. The number of nitrogens with zero attached hydrogens (tertiary/aromatic N) is 1. The van der Waals surface area contributed by atoms with Gasteiger partial charge in [0.1, 0.15) is 5.75 Å². The highest BCUT2D eigenvalue weighted by Gasteiger charge is 2.08. The van der Waals surface area contributed by atoms with Crippen LogP contribution in [-0.2, 0) is 6.42 Å². The Kier molecular flexibility index (Phi) is 6.65. The molecule has 1 heterocycles. The van der Waals surface area contributed by atoms with Gasteiger partial charge in [0, 0.05) is 6.54 Å². The van der Waals surface area contributed by atoms with Crippen molar-refractivity contribution >= 4 is 0 Å². The molecule has 1 saturated heterocycles. The van der Waals surface area contributed by atoms with E-state index in [1.807, 2.05) is 12.1 Å². The lowest BCUT2D eigenvalue weighted by Gasteiger charge is -2.19. The van der Waals surface area contributed by atoms with E-state index in [0.29, 0.717) is 0 Å². The lowest BCUT2D eigenvalue weighted by atomic mass is 10.1. The van der Waals surface area contributed by atoms with Crippen molar-refractivity contribution in [2.75, 3.05) is 26.2 Å². The molecule has 0 saturated carbocycles. The lowest BCUT2D eigenvalue weighted by molar-refractivity contribution is 0.239. The van der Waals surface area contributed by atoms with Crippen molar-refractivity contribution in [3.05, 3.63) is 42.5 Å². The molecule has 1 aromatic carbocycles. The molecule has 0 atom stereocenters.